The van der Waals surface area contributed by atoms with Crippen molar-refractivity contribution >= 4 is 11.8 Å². The van der Waals surface area contributed by atoms with E-state index in [1.54, 1.807) is 7.11 Å². The van der Waals surface area contributed by atoms with Gasteiger partial charge in [-0.1, -0.05) is 38.7 Å². The molecule has 1 aromatic carbocycles. The molecular weight excluding hydrogens is 404 g/mol. The van der Waals surface area contributed by atoms with Crippen molar-refractivity contribution in [2.75, 3.05) is 26.8 Å². The third-order valence-corrected chi connectivity index (χ3v) is 7.81. The highest BCUT2D eigenvalue weighted by molar-refractivity contribution is 6.07. The van der Waals surface area contributed by atoms with Crippen molar-refractivity contribution in [1.29, 1.82) is 0 Å². The highest BCUT2D eigenvalue weighted by Gasteiger charge is 2.54. The Labute approximate surface area is 192 Å². The Bertz CT molecular complexity index is 804. The summed E-state index contributed by atoms with van der Waals surface area (Å²) in [5, 5.41) is 2.65. The van der Waals surface area contributed by atoms with Crippen LogP contribution in [0.1, 0.15) is 70.3 Å². The summed E-state index contributed by atoms with van der Waals surface area (Å²) < 4.78 is 11.6. The Morgan fingerprint density at radius 3 is 2.72 bits per heavy atom. The maximum atomic E-state index is 12.6. The van der Waals surface area contributed by atoms with Gasteiger partial charge < -0.3 is 9.47 Å². The average molecular weight is 443 g/mol. The maximum Gasteiger partial charge on any atom is 0.233 e. The van der Waals surface area contributed by atoms with E-state index in [0.29, 0.717) is 12.6 Å². The Hall–Kier alpha value is -2.08. The molecule has 0 radical (unpaired) electrons. The van der Waals surface area contributed by atoms with Gasteiger partial charge in [0.15, 0.2) is 0 Å². The van der Waals surface area contributed by atoms with Gasteiger partial charge in [-0.15, -0.1) is 0 Å². The van der Waals surface area contributed by atoms with Crippen LogP contribution >= 0.6 is 0 Å². The van der Waals surface area contributed by atoms with Gasteiger partial charge in [0.25, 0.3) is 0 Å². The molecule has 176 valence electrons. The SMILES string of the molecule is CCCN(CCCCC1C(=O)NC(=O)C12CCCCC2)C1COc2cccc(OC)c2C1. The van der Waals surface area contributed by atoms with Crippen LogP contribution in [0.5, 0.6) is 11.5 Å². The van der Waals surface area contributed by atoms with Crippen LogP contribution in [0, 0.1) is 11.3 Å². The molecule has 1 spiro atoms. The van der Waals surface area contributed by atoms with Gasteiger partial charge >= 0.3 is 0 Å². The van der Waals surface area contributed by atoms with E-state index in [1.165, 1.54) is 6.42 Å². The third kappa shape index (κ3) is 4.52. The van der Waals surface area contributed by atoms with E-state index in [2.05, 4.69) is 17.1 Å². The molecule has 2 heterocycles. The molecule has 3 aliphatic rings. The van der Waals surface area contributed by atoms with Crippen molar-refractivity contribution in [3.63, 3.8) is 0 Å². The van der Waals surface area contributed by atoms with Crippen LogP contribution in [0.2, 0.25) is 0 Å². The number of nitrogens with one attached hydrogen (secondary N) is 1. The lowest BCUT2D eigenvalue weighted by Gasteiger charge is -2.36. The Balaban J connectivity index is 1.34. The number of ether oxygens (including phenoxy) is 2. The van der Waals surface area contributed by atoms with E-state index in [-0.39, 0.29) is 17.7 Å². The first-order valence-electron chi connectivity index (χ1n) is 12.5. The molecule has 2 atom stereocenters. The molecule has 0 bridgehead atoms. The highest BCUT2D eigenvalue weighted by atomic mass is 16.5. The summed E-state index contributed by atoms with van der Waals surface area (Å²) >= 11 is 0. The van der Waals surface area contributed by atoms with Crippen molar-refractivity contribution in [2.45, 2.75) is 77.2 Å². The van der Waals surface area contributed by atoms with Gasteiger partial charge in [-0.3, -0.25) is 19.8 Å². The largest absolute Gasteiger partial charge is 0.496 e. The number of hydrogen-bond acceptors (Lipinski definition) is 5. The summed E-state index contributed by atoms with van der Waals surface area (Å²) in [6.45, 7) is 4.93. The monoisotopic (exact) mass is 442 g/mol. The quantitative estimate of drug-likeness (QED) is 0.461. The number of unbranched alkanes of at least 4 members (excludes halogenated alkanes) is 1. The first-order valence-corrected chi connectivity index (χ1v) is 12.5. The van der Waals surface area contributed by atoms with E-state index in [9.17, 15) is 9.59 Å². The lowest BCUT2D eigenvalue weighted by molar-refractivity contribution is -0.131. The lowest BCUT2D eigenvalue weighted by atomic mass is 9.66. The molecule has 6 nitrogen and oxygen atoms in total. The fourth-order valence-corrected chi connectivity index (χ4v) is 6.11. The zero-order valence-corrected chi connectivity index (χ0v) is 19.7. The van der Waals surface area contributed by atoms with E-state index in [4.69, 9.17) is 9.47 Å². The van der Waals surface area contributed by atoms with Gasteiger partial charge in [-0.25, -0.2) is 0 Å². The molecule has 4 rings (SSSR count). The topological polar surface area (TPSA) is 67.9 Å². The Kier molecular flexibility index (Phi) is 7.39. The molecule has 1 saturated carbocycles. The molecule has 2 amide bonds. The summed E-state index contributed by atoms with van der Waals surface area (Å²) in [5.74, 6) is 1.66. The highest BCUT2D eigenvalue weighted by Crippen LogP contribution is 2.48. The molecule has 32 heavy (non-hydrogen) atoms. The Morgan fingerprint density at radius 1 is 1.16 bits per heavy atom. The molecule has 1 N–H and O–H groups in total. The van der Waals surface area contributed by atoms with Crippen LogP contribution in [0.15, 0.2) is 18.2 Å². The molecule has 2 unspecified atom stereocenters. The summed E-state index contributed by atoms with van der Waals surface area (Å²) in [6, 6.07) is 6.33. The first kappa shape index (κ1) is 23.1. The third-order valence-electron chi connectivity index (χ3n) is 7.81. The minimum atomic E-state index is -0.421. The second-order valence-corrected chi connectivity index (χ2v) is 9.73. The van der Waals surface area contributed by atoms with Gasteiger partial charge in [0, 0.05) is 11.6 Å². The van der Waals surface area contributed by atoms with Crippen LogP contribution in [0.3, 0.4) is 0 Å². The van der Waals surface area contributed by atoms with E-state index in [1.807, 2.05) is 18.2 Å². The van der Waals surface area contributed by atoms with Gasteiger partial charge in [0.2, 0.25) is 11.8 Å². The number of carbonyl (C=O) groups excluding carboxylic acids is 2. The van der Waals surface area contributed by atoms with E-state index in [0.717, 1.165) is 87.9 Å². The number of amides is 2. The molecule has 1 aliphatic carbocycles. The maximum absolute atomic E-state index is 12.6. The summed E-state index contributed by atoms with van der Waals surface area (Å²) in [4.78, 5) is 27.7. The van der Waals surface area contributed by atoms with Crippen molar-refractivity contribution < 1.29 is 19.1 Å². The average Bonchev–Trinajstić information content (AvgIpc) is 3.04. The second-order valence-electron chi connectivity index (χ2n) is 9.73. The number of carbonyl (C=O) groups is 2. The van der Waals surface area contributed by atoms with Crippen LogP contribution in [0.25, 0.3) is 0 Å². The lowest BCUT2D eigenvalue weighted by Crippen LogP contribution is -2.44. The Morgan fingerprint density at radius 2 is 1.97 bits per heavy atom. The number of methoxy groups -OCH3 is 1. The number of hydrogen-bond donors (Lipinski definition) is 1. The predicted octanol–water partition coefficient (Wildman–Crippen LogP) is 4.10. The zero-order valence-electron chi connectivity index (χ0n) is 19.7. The molecule has 1 saturated heterocycles. The number of fused-ring (bicyclic) bond motifs is 1. The number of nitrogens with zero attached hydrogens (tertiary/aromatic N) is 1. The van der Waals surface area contributed by atoms with Crippen LogP contribution < -0.4 is 14.8 Å². The summed E-state index contributed by atoms with van der Waals surface area (Å²) in [5.41, 5.74) is 0.739. The number of benzene rings is 1. The summed E-state index contributed by atoms with van der Waals surface area (Å²) in [6.07, 6.45) is 9.90. The molecule has 2 aliphatic heterocycles. The molecular formula is C26H38N2O4. The number of rotatable bonds is 9. The first-order chi connectivity index (χ1) is 15.6. The van der Waals surface area contributed by atoms with Crippen molar-refractivity contribution in [3.8, 4) is 11.5 Å². The van der Waals surface area contributed by atoms with Crippen molar-refractivity contribution in [3.05, 3.63) is 23.8 Å². The number of imide groups is 1. The van der Waals surface area contributed by atoms with Crippen LogP contribution in [0.4, 0.5) is 0 Å². The molecule has 1 aromatic rings. The van der Waals surface area contributed by atoms with E-state index < -0.39 is 5.41 Å². The zero-order chi connectivity index (χ0) is 22.6. The van der Waals surface area contributed by atoms with E-state index >= 15 is 0 Å². The fourth-order valence-electron chi connectivity index (χ4n) is 6.11. The van der Waals surface area contributed by atoms with Crippen LogP contribution in [-0.2, 0) is 16.0 Å². The normalized spacial score (nSPS) is 24.3. The van der Waals surface area contributed by atoms with Crippen molar-refractivity contribution in [2.24, 2.45) is 11.3 Å². The van der Waals surface area contributed by atoms with Gasteiger partial charge in [-0.05, 0) is 63.7 Å². The second kappa shape index (κ2) is 10.2. The molecule has 2 fully saturated rings. The minimum absolute atomic E-state index is 0.00761. The standard InChI is InChI=1S/C26H38N2O4/c1-3-15-28(19-17-20-22(31-2)11-9-12-23(20)32-18-19)16-8-5-10-21-24(29)27-25(30)26(21)13-6-4-7-14-26/h9,11-12,19,21H,3-8,10,13-18H2,1-2H3,(H,27,29,30). The predicted molar refractivity (Wildman–Crippen MR) is 124 cm³/mol. The minimum Gasteiger partial charge on any atom is -0.496 e. The smallest absolute Gasteiger partial charge is 0.233 e. The van der Waals surface area contributed by atoms with Gasteiger partial charge in [-0.2, -0.15) is 0 Å². The molecule has 6 heteroatoms. The molecule has 0 aromatic heterocycles. The van der Waals surface area contributed by atoms with Gasteiger partial charge in [0.05, 0.1) is 18.4 Å². The fraction of sp³-hybridized carbons (Fsp3) is 0.692. The van der Waals surface area contributed by atoms with Gasteiger partial charge in [0.1, 0.15) is 18.1 Å². The van der Waals surface area contributed by atoms with Crippen molar-refractivity contribution in [1.82, 2.24) is 10.2 Å². The summed E-state index contributed by atoms with van der Waals surface area (Å²) in [7, 11) is 1.71. The van der Waals surface area contributed by atoms with Crippen LogP contribution in [-0.4, -0.2) is 49.6 Å².